The molecule has 0 aliphatic heterocycles. The van der Waals surface area contributed by atoms with Crippen molar-refractivity contribution < 1.29 is 34.1 Å². The summed E-state index contributed by atoms with van der Waals surface area (Å²) in [7, 11) is 0. The predicted octanol–water partition coefficient (Wildman–Crippen LogP) is 2.59. The molecule has 0 aliphatic carbocycles. The standard InChI is InChI=1S/C11H20N2O9/c1-3-5-7-9(21-12(15)16)19-11(14)20-10(8-6-4-2)22-13(17)18/h9-10H,3-8H2,1-2H3. The van der Waals surface area contributed by atoms with Crippen molar-refractivity contribution >= 4 is 6.16 Å². The first kappa shape index (κ1) is 19.7. The van der Waals surface area contributed by atoms with E-state index in [-0.39, 0.29) is 12.8 Å². The molecule has 0 amide bonds. The lowest BCUT2D eigenvalue weighted by Gasteiger charge is -2.18. The highest BCUT2D eigenvalue weighted by Gasteiger charge is 2.23. The second-order valence-electron chi connectivity index (χ2n) is 4.29. The summed E-state index contributed by atoms with van der Waals surface area (Å²) in [6, 6.07) is 0. The molecule has 0 spiro atoms. The Bertz CT molecular complexity index is 331. The van der Waals surface area contributed by atoms with Gasteiger partial charge in [0.2, 0.25) is 0 Å². The van der Waals surface area contributed by atoms with Crippen LogP contribution in [0, 0.1) is 20.2 Å². The van der Waals surface area contributed by atoms with Gasteiger partial charge in [0.05, 0.1) is 0 Å². The average molecular weight is 324 g/mol. The summed E-state index contributed by atoms with van der Waals surface area (Å²) >= 11 is 0. The Kier molecular flexibility index (Phi) is 10.1. The average Bonchev–Trinajstić information content (AvgIpc) is 2.40. The van der Waals surface area contributed by atoms with E-state index in [1.54, 1.807) is 0 Å². The first-order valence-electron chi connectivity index (χ1n) is 6.88. The smallest absolute Gasteiger partial charge is 0.404 e. The van der Waals surface area contributed by atoms with Gasteiger partial charge in [0, 0.05) is 12.8 Å². The van der Waals surface area contributed by atoms with Crippen LogP contribution in [0.3, 0.4) is 0 Å². The summed E-state index contributed by atoms with van der Waals surface area (Å²) in [5.74, 6) is 0. The normalized spacial score (nSPS) is 12.8. The molecule has 0 radical (unpaired) electrons. The Hall–Kier alpha value is -2.33. The Morgan fingerprint density at radius 2 is 1.27 bits per heavy atom. The number of carbonyl (C=O) groups excluding carboxylic acids is 1. The van der Waals surface area contributed by atoms with Crippen molar-refractivity contribution in [3.05, 3.63) is 20.2 Å². The summed E-state index contributed by atoms with van der Waals surface area (Å²) in [4.78, 5) is 40.5. The zero-order chi connectivity index (χ0) is 17.0. The lowest BCUT2D eigenvalue weighted by molar-refractivity contribution is -0.782. The highest BCUT2D eigenvalue weighted by atomic mass is 17.0. The fourth-order valence-corrected chi connectivity index (χ4v) is 1.44. The number of ether oxygens (including phenoxy) is 2. The topological polar surface area (TPSA) is 140 Å². The minimum Gasteiger partial charge on any atom is -0.404 e. The fraction of sp³-hybridized carbons (Fsp3) is 0.909. The lowest BCUT2D eigenvalue weighted by atomic mass is 10.2. The second-order valence-corrected chi connectivity index (χ2v) is 4.29. The Morgan fingerprint density at radius 1 is 0.909 bits per heavy atom. The third-order valence-electron chi connectivity index (χ3n) is 2.45. The molecule has 0 aromatic carbocycles. The molecule has 0 aromatic rings. The molecule has 0 aliphatic rings. The molecule has 2 atom stereocenters. The zero-order valence-electron chi connectivity index (χ0n) is 12.5. The molecule has 128 valence electrons. The summed E-state index contributed by atoms with van der Waals surface area (Å²) in [6.45, 7) is 3.68. The second kappa shape index (κ2) is 11.3. The van der Waals surface area contributed by atoms with E-state index < -0.39 is 28.9 Å². The summed E-state index contributed by atoms with van der Waals surface area (Å²) in [6.07, 6.45) is -1.52. The number of nitrogens with zero attached hydrogens (tertiary/aromatic N) is 2. The van der Waals surface area contributed by atoms with Gasteiger partial charge >= 0.3 is 6.16 Å². The summed E-state index contributed by atoms with van der Waals surface area (Å²) < 4.78 is 9.26. The van der Waals surface area contributed by atoms with Crippen molar-refractivity contribution in [1.29, 1.82) is 0 Å². The Labute approximate surface area is 126 Å². The summed E-state index contributed by atoms with van der Waals surface area (Å²) in [5.41, 5.74) is 0. The number of unbranched alkanes of at least 4 members (excludes halogenated alkanes) is 2. The van der Waals surface area contributed by atoms with E-state index in [9.17, 15) is 25.0 Å². The summed E-state index contributed by atoms with van der Waals surface area (Å²) in [5, 5.41) is 18.4. The fourth-order valence-electron chi connectivity index (χ4n) is 1.44. The first-order chi connectivity index (χ1) is 10.4. The molecule has 11 nitrogen and oxygen atoms in total. The van der Waals surface area contributed by atoms with Crippen molar-refractivity contribution in [2.75, 3.05) is 0 Å². The van der Waals surface area contributed by atoms with Gasteiger partial charge in [-0.2, -0.15) is 0 Å². The van der Waals surface area contributed by atoms with Gasteiger partial charge in [-0.25, -0.2) is 4.79 Å². The SMILES string of the molecule is CCCCC(OC(=O)OC(CCCC)O[N+](=O)[O-])O[N+](=O)[O-]. The quantitative estimate of drug-likeness (QED) is 0.229. The van der Waals surface area contributed by atoms with Crippen LogP contribution >= 0.6 is 0 Å². The van der Waals surface area contributed by atoms with Gasteiger partial charge in [-0.15, -0.1) is 20.2 Å². The molecular weight excluding hydrogens is 304 g/mol. The van der Waals surface area contributed by atoms with Crippen molar-refractivity contribution in [1.82, 2.24) is 0 Å². The van der Waals surface area contributed by atoms with Crippen LogP contribution < -0.4 is 0 Å². The van der Waals surface area contributed by atoms with E-state index in [1.165, 1.54) is 0 Å². The van der Waals surface area contributed by atoms with Gasteiger partial charge < -0.3 is 9.47 Å². The first-order valence-corrected chi connectivity index (χ1v) is 6.88. The lowest BCUT2D eigenvalue weighted by Crippen LogP contribution is -2.29. The molecule has 11 heteroatoms. The van der Waals surface area contributed by atoms with Crippen LogP contribution in [0.5, 0.6) is 0 Å². The number of carbonyl (C=O) groups is 1. The van der Waals surface area contributed by atoms with Gasteiger partial charge in [0.1, 0.15) is 0 Å². The largest absolute Gasteiger partial charge is 0.512 e. The van der Waals surface area contributed by atoms with E-state index in [4.69, 9.17) is 0 Å². The zero-order valence-corrected chi connectivity index (χ0v) is 12.5. The van der Waals surface area contributed by atoms with Gasteiger partial charge in [0.15, 0.2) is 0 Å². The van der Waals surface area contributed by atoms with Gasteiger partial charge in [-0.1, -0.05) is 26.7 Å². The third-order valence-corrected chi connectivity index (χ3v) is 2.45. The molecule has 0 fully saturated rings. The van der Waals surface area contributed by atoms with Crippen LogP contribution in [0.25, 0.3) is 0 Å². The van der Waals surface area contributed by atoms with Crippen LogP contribution in [0.2, 0.25) is 0 Å². The minimum atomic E-state index is -1.43. The van der Waals surface area contributed by atoms with Gasteiger partial charge in [-0.05, 0) is 12.8 Å². The van der Waals surface area contributed by atoms with E-state index in [0.717, 1.165) is 0 Å². The predicted molar refractivity (Wildman–Crippen MR) is 70.4 cm³/mol. The maximum absolute atomic E-state index is 11.5. The van der Waals surface area contributed by atoms with Crippen molar-refractivity contribution in [2.24, 2.45) is 0 Å². The Balaban J connectivity index is 4.46. The molecule has 0 saturated carbocycles. The molecule has 0 saturated heterocycles. The molecule has 2 unspecified atom stereocenters. The van der Waals surface area contributed by atoms with Gasteiger partial charge in [0.25, 0.3) is 22.8 Å². The van der Waals surface area contributed by atoms with Crippen molar-refractivity contribution in [2.45, 2.75) is 65.0 Å². The molecule has 22 heavy (non-hydrogen) atoms. The van der Waals surface area contributed by atoms with Crippen LogP contribution in [0.15, 0.2) is 0 Å². The van der Waals surface area contributed by atoms with Crippen molar-refractivity contribution in [3.63, 3.8) is 0 Å². The molecular formula is C11H20N2O9. The molecule has 0 N–H and O–H groups in total. The molecule has 0 heterocycles. The highest BCUT2D eigenvalue weighted by molar-refractivity contribution is 5.60. The van der Waals surface area contributed by atoms with Crippen LogP contribution in [0.1, 0.15) is 52.4 Å². The number of rotatable bonds is 12. The van der Waals surface area contributed by atoms with Gasteiger partial charge in [-0.3, -0.25) is 9.68 Å². The van der Waals surface area contributed by atoms with Crippen LogP contribution in [0.4, 0.5) is 4.79 Å². The maximum atomic E-state index is 11.5. The molecule has 0 aromatic heterocycles. The van der Waals surface area contributed by atoms with E-state index in [0.29, 0.717) is 25.7 Å². The van der Waals surface area contributed by atoms with E-state index >= 15 is 0 Å². The number of hydrogen-bond donors (Lipinski definition) is 0. The minimum absolute atomic E-state index is 0.0995. The monoisotopic (exact) mass is 324 g/mol. The molecule has 0 bridgehead atoms. The molecule has 0 rings (SSSR count). The third kappa shape index (κ3) is 10.5. The highest BCUT2D eigenvalue weighted by Crippen LogP contribution is 2.12. The Morgan fingerprint density at radius 3 is 1.55 bits per heavy atom. The van der Waals surface area contributed by atoms with E-state index in [1.807, 2.05) is 13.8 Å². The van der Waals surface area contributed by atoms with Crippen LogP contribution in [-0.4, -0.2) is 28.9 Å². The van der Waals surface area contributed by atoms with Crippen LogP contribution in [-0.2, 0) is 19.1 Å². The van der Waals surface area contributed by atoms with Crippen molar-refractivity contribution in [3.8, 4) is 0 Å². The maximum Gasteiger partial charge on any atom is 0.512 e. The van der Waals surface area contributed by atoms with E-state index in [2.05, 4.69) is 19.1 Å². The number of hydrogen-bond acceptors (Lipinski definition) is 9.